The van der Waals surface area contributed by atoms with E-state index in [0.717, 1.165) is 39.3 Å². The van der Waals surface area contributed by atoms with Crippen LogP contribution in [0.5, 0.6) is 0 Å². The average molecular weight is 530 g/mol. The van der Waals surface area contributed by atoms with Crippen LogP contribution in [0, 0.1) is 18.7 Å². The molecule has 0 aliphatic carbocycles. The van der Waals surface area contributed by atoms with Crippen LogP contribution in [0.3, 0.4) is 0 Å². The summed E-state index contributed by atoms with van der Waals surface area (Å²) in [4.78, 5) is 2.35. The van der Waals surface area contributed by atoms with Crippen molar-refractivity contribution in [2.75, 3.05) is 33.2 Å². The summed E-state index contributed by atoms with van der Waals surface area (Å²) >= 11 is 0. The second kappa shape index (κ2) is 10.4. The lowest BCUT2D eigenvalue weighted by atomic mass is 9.96. The Morgan fingerprint density at radius 2 is 1.89 bits per heavy atom. The second-order valence-electron chi connectivity index (χ2n) is 10.2. The van der Waals surface area contributed by atoms with E-state index >= 15 is 0 Å². The molecule has 1 aliphatic heterocycles. The normalized spacial score (nSPS) is 18.4. The number of nitrogens with two attached hydrogens (primary N) is 2. The Morgan fingerprint density at radius 1 is 1.22 bits per heavy atom. The number of piperazine rings is 1. The molecular weight excluding hydrogens is 493 g/mol. The molecule has 4 rings (SSSR count). The van der Waals surface area contributed by atoms with E-state index in [1.54, 1.807) is 29.9 Å². The van der Waals surface area contributed by atoms with E-state index in [-0.39, 0.29) is 29.1 Å². The van der Waals surface area contributed by atoms with Crippen LogP contribution < -0.4 is 11.6 Å². The Labute approximate surface area is 218 Å². The minimum atomic E-state index is -3.89. The first-order valence-electron chi connectivity index (χ1n) is 12.3. The van der Waals surface area contributed by atoms with Crippen molar-refractivity contribution >= 4 is 20.9 Å². The summed E-state index contributed by atoms with van der Waals surface area (Å²) < 4.78 is 43.8. The molecule has 2 aromatic carbocycles. The summed E-state index contributed by atoms with van der Waals surface area (Å²) in [7, 11) is -2.41. The Morgan fingerprint density at radius 3 is 2.49 bits per heavy atom. The molecule has 1 saturated heterocycles. The smallest absolute Gasteiger partial charge is 0.261 e. The molecule has 1 atom stereocenters. The summed E-state index contributed by atoms with van der Waals surface area (Å²) in [6.07, 6.45) is 1.79. The minimum absolute atomic E-state index is 0.0868. The van der Waals surface area contributed by atoms with Gasteiger partial charge in [-0.3, -0.25) is 4.90 Å². The van der Waals surface area contributed by atoms with Crippen molar-refractivity contribution in [3.8, 4) is 5.69 Å². The zero-order chi connectivity index (χ0) is 27.1. The number of benzene rings is 2. The summed E-state index contributed by atoms with van der Waals surface area (Å²) in [6.45, 7) is 9.92. The Bertz CT molecular complexity index is 1410. The van der Waals surface area contributed by atoms with Crippen molar-refractivity contribution in [2.45, 2.75) is 33.7 Å². The number of sulfonamides is 1. The maximum Gasteiger partial charge on any atom is 0.261 e. The van der Waals surface area contributed by atoms with Crippen molar-refractivity contribution in [3.05, 3.63) is 70.3 Å². The largest absolute Gasteiger partial charge is 0.400 e. The highest BCUT2D eigenvalue weighted by molar-refractivity contribution is 7.92. The summed E-state index contributed by atoms with van der Waals surface area (Å²) in [6, 6.07) is 10.2. The Kier molecular flexibility index (Phi) is 7.61. The monoisotopic (exact) mass is 529 g/mol. The van der Waals surface area contributed by atoms with Crippen LogP contribution in [0.1, 0.15) is 37.9 Å². The molecule has 0 amide bonds. The molecule has 1 aromatic heterocycles. The third-order valence-electron chi connectivity index (χ3n) is 6.68. The van der Waals surface area contributed by atoms with Gasteiger partial charge in [0.2, 0.25) is 0 Å². The fraction of sp³-hybridized carbons (Fsp3) is 0.423. The van der Waals surface area contributed by atoms with Gasteiger partial charge in [-0.2, -0.15) is 9.40 Å². The van der Waals surface area contributed by atoms with E-state index < -0.39 is 10.0 Å². The first-order valence-corrected chi connectivity index (χ1v) is 13.8. The van der Waals surface area contributed by atoms with E-state index in [2.05, 4.69) is 36.0 Å². The predicted octanol–water partition coefficient (Wildman–Crippen LogP) is 3.07. The summed E-state index contributed by atoms with van der Waals surface area (Å²) in [5, 5.41) is 6.45. The molecule has 9 nitrogen and oxygen atoms in total. The quantitative estimate of drug-likeness (QED) is 0.357. The Balaban J connectivity index is 1.76. The number of hydrazine groups is 1. The van der Waals surface area contributed by atoms with Gasteiger partial charge >= 0.3 is 0 Å². The van der Waals surface area contributed by atoms with Crippen LogP contribution in [-0.4, -0.2) is 65.6 Å². The maximum absolute atomic E-state index is 13.6. The molecule has 0 radical (unpaired) electrons. The van der Waals surface area contributed by atoms with Crippen molar-refractivity contribution in [2.24, 2.45) is 17.5 Å². The van der Waals surface area contributed by atoms with Gasteiger partial charge in [0, 0.05) is 50.4 Å². The zero-order valence-electron chi connectivity index (χ0n) is 22.0. The van der Waals surface area contributed by atoms with Gasteiger partial charge in [0.1, 0.15) is 5.82 Å². The molecule has 1 fully saturated rings. The molecule has 2 heterocycles. The third kappa shape index (κ3) is 5.35. The third-order valence-corrected chi connectivity index (χ3v) is 8.79. The average Bonchev–Trinajstić information content (AvgIpc) is 3.20. The van der Waals surface area contributed by atoms with E-state index in [4.69, 9.17) is 11.6 Å². The predicted molar refractivity (Wildman–Crippen MR) is 144 cm³/mol. The zero-order valence-corrected chi connectivity index (χ0v) is 22.8. The number of aryl methyl sites for hydroxylation is 1. The number of hydrogen-bond donors (Lipinski definition) is 2. The fourth-order valence-corrected chi connectivity index (χ4v) is 6.80. The van der Waals surface area contributed by atoms with E-state index in [1.165, 1.54) is 23.5 Å². The molecule has 0 unspecified atom stereocenters. The maximum atomic E-state index is 13.6. The van der Waals surface area contributed by atoms with Gasteiger partial charge in [-0.1, -0.05) is 13.8 Å². The lowest BCUT2D eigenvalue weighted by Crippen LogP contribution is -2.53. The number of fused-ring (bicyclic) bond motifs is 1. The highest BCUT2D eigenvalue weighted by atomic mass is 32.2. The second-order valence-corrected chi connectivity index (χ2v) is 12.0. The van der Waals surface area contributed by atoms with Gasteiger partial charge in [-0.15, -0.1) is 0 Å². The van der Waals surface area contributed by atoms with Crippen LogP contribution in [0.25, 0.3) is 16.6 Å². The molecule has 1 aliphatic rings. The van der Waals surface area contributed by atoms with Crippen molar-refractivity contribution in [1.82, 2.24) is 24.0 Å². The number of halogens is 1. The summed E-state index contributed by atoms with van der Waals surface area (Å²) in [5.41, 5.74) is 9.81. The molecule has 37 heavy (non-hydrogen) atoms. The van der Waals surface area contributed by atoms with Crippen LogP contribution in [-0.2, 0) is 10.0 Å². The summed E-state index contributed by atoms with van der Waals surface area (Å²) in [5.74, 6) is 5.97. The number of rotatable bonds is 7. The van der Waals surface area contributed by atoms with Gasteiger partial charge in [0.05, 0.1) is 17.4 Å². The first-order chi connectivity index (χ1) is 17.4. The standard InChI is InChI=1S/C26H36FN7O2S/c1-17(2)15-32-10-11-33(37(35,36)26(19(4)28)31(5)29)16-25(32)23-13-20-14-30-34(24(20)12-18(23)3)22-8-6-21(27)7-9-22/h6-9,12-14,17,25H,10-11,15-16,28-29H2,1-5H3/b26-19+/t25-/m1/s1. The van der Waals surface area contributed by atoms with E-state index in [0.29, 0.717) is 19.0 Å². The molecule has 3 aromatic rings. The van der Waals surface area contributed by atoms with Gasteiger partial charge in [-0.05, 0) is 67.3 Å². The fourth-order valence-electron chi connectivity index (χ4n) is 5.13. The van der Waals surface area contributed by atoms with Crippen molar-refractivity contribution in [3.63, 3.8) is 0 Å². The van der Waals surface area contributed by atoms with Gasteiger partial charge in [0.25, 0.3) is 10.0 Å². The van der Waals surface area contributed by atoms with Gasteiger partial charge < -0.3 is 10.7 Å². The molecule has 11 heteroatoms. The van der Waals surface area contributed by atoms with Crippen LogP contribution in [0.2, 0.25) is 0 Å². The highest BCUT2D eigenvalue weighted by Crippen LogP contribution is 2.34. The Hall–Kier alpha value is -2.99. The minimum Gasteiger partial charge on any atom is -0.400 e. The van der Waals surface area contributed by atoms with E-state index in [9.17, 15) is 12.8 Å². The van der Waals surface area contributed by atoms with E-state index in [1.807, 2.05) is 6.92 Å². The van der Waals surface area contributed by atoms with Crippen LogP contribution in [0.4, 0.5) is 4.39 Å². The van der Waals surface area contributed by atoms with Gasteiger partial charge in [0.15, 0.2) is 5.03 Å². The van der Waals surface area contributed by atoms with Crippen LogP contribution in [0.15, 0.2) is 53.3 Å². The lowest BCUT2D eigenvalue weighted by Gasteiger charge is -2.42. The molecule has 4 N–H and O–H groups in total. The molecule has 0 saturated carbocycles. The number of nitrogens with zero attached hydrogens (tertiary/aromatic N) is 5. The lowest BCUT2D eigenvalue weighted by molar-refractivity contribution is 0.105. The van der Waals surface area contributed by atoms with Crippen molar-refractivity contribution in [1.29, 1.82) is 0 Å². The number of hydrogen-bond acceptors (Lipinski definition) is 7. The highest BCUT2D eigenvalue weighted by Gasteiger charge is 2.38. The van der Waals surface area contributed by atoms with Crippen LogP contribution >= 0.6 is 0 Å². The molecular formula is C26H36FN7O2S. The molecule has 0 spiro atoms. The first kappa shape index (κ1) is 27.1. The number of allylic oxidation sites excluding steroid dienone is 1. The van der Waals surface area contributed by atoms with Crippen molar-refractivity contribution < 1.29 is 12.8 Å². The number of aromatic nitrogens is 2. The molecule has 0 bridgehead atoms. The van der Waals surface area contributed by atoms with Gasteiger partial charge in [-0.25, -0.2) is 23.3 Å². The SMILES string of the molecule is C/C(N)=C(/N(C)N)S(=O)(=O)N1CCN(CC(C)C)[C@@H](c2cc3cnn(-c4ccc(F)cc4)c3cc2C)C1. The topological polar surface area (TPSA) is 114 Å². The molecule has 200 valence electrons.